The maximum Gasteiger partial charge on any atom is 0.339 e. The van der Waals surface area contributed by atoms with Crippen molar-refractivity contribution in [1.29, 1.82) is 0 Å². The molecule has 0 aliphatic carbocycles. The Kier molecular flexibility index (Phi) is 6.26. The van der Waals surface area contributed by atoms with Gasteiger partial charge in [0.25, 0.3) is 5.91 Å². The molecule has 0 bridgehead atoms. The van der Waals surface area contributed by atoms with Crippen molar-refractivity contribution in [2.24, 2.45) is 0 Å². The van der Waals surface area contributed by atoms with Crippen LogP contribution in [0.3, 0.4) is 0 Å². The minimum atomic E-state index is -0.510. The highest BCUT2D eigenvalue weighted by atomic mass is 16.5. The number of carbonyl (C=O) groups is 2. The van der Waals surface area contributed by atoms with Crippen LogP contribution in [-0.4, -0.2) is 55.1 Å². The maximum atomic E-state index is 13.2. The Morgan fingerprint density at radius 1 is 0.800 bits per heavy atom. The van der Waals surface area contributed by atoms with Crippen molar-refractivity contribution in [1.82, 2.24) is 9.97 Å². The van der Waals surface area contributed by atoms with E-state index >= 15 is 0 Å². The van der Waals surface area contributed by atoms with Gasteiger partial charge in [0.1, 0.15) is 11.6 Å². The SMILES string of the molecule is COC(=O)c1ccccc1NC(=O)c1cnc(N2CCN(c3ccccn3)CC2)c2ccccc12. The van der Waals surface area contributed by atoms with Crippen molar-refractivity contribution >= 4 is 40.0 Å². The molecule has 1 saturated heterocycles. The molecule has 0 spiro atoms. The average molecular weight is 468 g/mol. The van der Waals surface area contributed by atoms with Crippen molar-refractivity contribution in [3.8, 4) is 0 Å². The molecule has 1 aliphatic rings. The van der Waals surface area contributed by atoms with Gasteiger partial charge < -0.3 is 19.9 Å². The van der Waals surface area contributed by atoms with Gasteiger partial charge in [-0.3, -0.25) is 4.79 Å². The monoisotopic (exact) mass is 467 g/mol. The normalized spacial score (nSPS) is 13.5. The summed E-state index contributed by atoms with van der Waals surface area (Å²) in [6, 6.07) is 20.5. The zero-order valence-corrected chi connectivity index (χ0v) is 19.3. The first kappa shape index (κ1) is 22.3. The standard InChI is InChI=1S/C27H25N5O3/c1-35-27(34)21-10-4-5-11-23(21)30-26(33)22-18-29-25(20-9-3-2-8-19(20)22)32-16-14-31(15-17-32)24-12-6-7-13-28-24/h2-13,18H,14-17H2,1H3,(H,30,33). The zero-order valence-electron chi connectivity index (χ0n) is 19.3. The van der Waals surface area contributed by atoms with Crippen molar-refractivity contribution in [2.75, 3.05) is 48.4 Å². The van der Waals surface area contributed by atoms with Gasteiger partial charge in [-0.05, 0) is 29.7 Å². The van der Waals surface area contributed by atoms with Gasteiger partial charge in [0.05, 0.1) is 23.9 Å². The zero-order chi connectivity index (χ0) is 24.2. The number of aromatic nitrogens is 2. The van der Waals surface area contributed by atoms with Gasteiger partial charge >= 0.3 is 5.97 Å². The molecular formula is C27H25N5O3. The van der Waals surface area contributed by atoms with Gasteiger partial charge in [-0.25, -0.2) is 14.8 Å². The van der Waals surface area contributed by atoms with E-state index in [0.717, 1.165) is 48.6 Å². The highest BCUT2D eigenvalue weighted by molar-refractivity contribution is 6.15. The molecule has 176 valence electrons. The molecule has 2 aromatic carbocycles. The summed E-state index contributed by atoms with van der Waals surface area (Å²) < 4.78 is 4.84. The quantitative estimate of drug-likeness (QED) is 0.444. The third kappa shape index (κ3) is 4.50. The molecule has 35 heavy (non-hydrogen) atoms. The first-order valence-electron chi connectivity index (χ1n) is 11.4. The Balaban J connectivity index is 1.40. The Hall–Kier alpha value is -4.46. The molecule has 1 amide bonds. The Morgan fingerprint density at radius 3 is 2.23 bits per heavy atom. The van der Waals surface area contributed by atoms with Crippen LogP contribution in [0.15, 0.2) is 79.1 Å². The molecule has 8 heteroatoms. The van der Waals surface area contributed by atoms with Gasteiger partial charge in [0.15, 0.2) is 0 Å². The van der Waals surface area contributed by atoms with Gasteiger partial charge in [0, 0.05) is 44.0 Å². The first-order valence-corrected chi connectivity index (χ1v) is 11.4. The summed E-state index contributed by atoms with van der Waals surface area (Å²) in [5.74, 6) is 0.984. The topological polar surface area (TPSA) is 87.7 Å². The van der Waals surface area contributed by atoms with E-state index in [2.05, 4.69) is 20.1 Å². The number of pyridine rings is 2. The molecule has 1 fully saturated rings. The van der Waals surface area contributed by atoms with Crippen molar-refractivity contribution < 1.29 is 14.3 Å². The van der Waals surface area contributed by atoms with E-state index in [9.17, 15) is 9.59 Å². The van der Waals surface area contributed by atoms with E-state index in [4.69, 9.17) is 9.72 Å². The lowest BCUT2D eigenvalue weighted by molar-refractivity contribution is 0.0602. The number of ether oxygens (including phenoxy) is 1. The number of methoxy groups -OCH3 is 1. The number of benzene rings is 2. The molecule has 0 unspecified atom stereocenters. The molecule has 2 aromatic heterocycles. The van der Waals surface area contributed by atoms with E-state index in [0.29, 0.717) is 16.8 Å². The minimum absolute atomic E-state index is 0.294. The number of hydrogen-bond acceptors (Lipinski definition) is 7. The summed E-state index contributed by atoms with van der Waals surface area (Å²) in [5.41, 5.74) is 1.13. The second kappa shape index (κ2) is 9.80. The maximum absolute atomic E-state index is 13.2. The van der Waals surface area contributed by atoms with Crippen LogP contribution in [0, 0.1) is 0 Å². The summed E-state index contributed by atoms with van der Waals surface area (Å²) in [7, 11) is 1.31. The number of rotatable bonds is 5. The third-order valence-corrected chi connectivity index (χ3v) is 6.15. The fourth-order valence-corrected chi connectivity index (χ4v) is 4.37. The lowest BCUT2D eigenvalue weighted by Crippen LogP contribution is -2.47. The second-order valence-electron chi connectivity index (χ2n) is 8.19. The highest BCUT2D eigenvalue weighted by Crippen LogP contribution is 2.29. The number of nitrogens with one attached hydrogen (secondary N) is 1. The number of fused-ring (bicyclic) bond motifs is 1. The Bertz CT molecular complexity index is 1370. The van der Waals surface area contributed by atoms with Crippen LogP contribution in [0.4, 0.5) is 17.3 Å². The van der Waals surface area contributed by atoms with Crippen LogP contribution >= 0.6 is 0 Å². The molecule has 0 radical (unpaired) electrons. The van der Waals surface area contributed by atoms with Crippen LogP contribution < -0.4 is 15.1 Å². The lowest BCUT2D eigenvalue weighted by Gasteiger charge is -2.36. The summed E-state index contributed by atoms with van der Waals surface area (Å²) in [6.45, 7) is 3.26. The van der Waals surface area contributed by atoms with Crippen LogP contribution in [-0.2, 0) is 4.74 Å². The fraction of sp³-hybridized carbons (Fsp3) is 0.185. The Labute approximate surface area is 203 Å². The van der Waals surface area contributed by atoms with E-state index in [1.807, 2.05) is 48.7 Å². The molecule has 5 rings (SSSR count). The van der Waals surface area contributed by atoms with Crippen LogP contribution in [0.25, 0.3) is 10.8 Å². The molecule has 0 atom stereocenters. The molecule has 1 N–H and O–H groups in total. The first-order chi connectivity index (χ1) is 17.2. The van der Waals surface area contributed by atoms with E-state index in [1.165, 1.54) is 7.11 Å². The number of hydrogen-bond donors (Lipinski definition) is 1. The predicted molar refractivity (Wildman–Crippen MR) is 136 cm³/mol. The number of piperazine rings is 1. The number of nitrogens with zero attached hydrogens (tertiary/aromatic N) is 4. The largest absolute Gasteiger partial charge is 0.465 e. The van der Waals surface area contributed by atoms with Crippen LogP contribution in [0.5, 0.6) is 0 Å². The van der Waals surface area contributed by atoms with Crippen LogP contribution in [0.1, 0.15) is 20.7 Å². The summed E-state index contributed by atoms with van der Waals surface area (Å²) in [6.07, 6.45) is 3.42. The molecule has 8 nitrogen and oxygen atoms in total. The predicted octanol–water partition coefficient (Wildman–Crippen LogP) is 4.00. The summed E-state index contributed by atoms with van der Waals surface area (Å²) >= 11 is 0. The third-order valence-electron chi connectivity index (χ3n) is 6.15. The van der Waals surface area contributed by atoms with Gasteiger partial charge in [-0.15, -0.1) is 0 Å². The fourth-order valence-electron chi connectivity index (χ4n) is 4.37. The highest BCUT2D eigenvalue weighted by Gasteiger charge is 2.23. The van der Waals surface area contributed by atoms with Gasteiger partial charge in [-0.1, -0.05) is 42.5 Å². The number of esters is 1. The molecule has 4 aromatic rings. The molecule has 1 aliphatic heterocycles. The van der Waals surface area contributed by atoms with Gasteiger partial charge in [-0.2, -0.15) is 0 Å². The number of carbonyl (C=O) groups excluding carboxylic acids is 2. The van der Waals surface area contributed by atoms with E-state index in [-0.39, 0.29) is 5.91 Å². The molecular weight excluding hydrogens is 442 g/mol. The van der Waals surface area contributed by atoms with Gasteiger partial charge in [0.2, 0.25) is 0 Å². The second-order valence-corrected chi connectivity index (χ2v) is 8.19. The van der Waals surface area contributed by atoms with Crippen molar-refractivity contribution in [3.63, 3.8) is 0 Å². The molecule has 0 saturated carbocycles. The van der Waals surface area contributed by atoms with Crippen molar-refractivity contribution in [2.45, 2.75) is 0 Å². The minimum Gasteiger partial charge on any atom is -0.465 e. The summed E-state index contributed by atoms with van der Waals surface area (Å²) in [5, 5.41) is 4.56. The van der Waals surface area contributed by atoms with E-state index < -0.39 is 5.97 Å². The average Bonchev–Trinajstić information content (AvgIpc) is 2.93. The lowest BCUT2D eigenvalue weighted by atomic mass is 10.1. The summed E-state index contributed by atoms with van der Waals surface area (Å²) in [4.78, 5) is 39.0. The smallest absolute Gasteiger partial charge is 0.339 e. The van der Waals surface area contributed by atoms with E-state index in [1.54, 1.807) is 30.5 Å². The number of para-hydroxylation sites is 1. The number of amides is 1. The van der Waals surface area contributed by atoms with Crippen LogP contribution in [0.2, 0.25) is 0 Å². The number of anilines is 3. The molecule has 3 heterocycles. The Morgan fingerprint density at radius 2 is 1.49 bits per heavy atom. The van der Waals surface area contributed by atoms with Crippen molar-refractivity contribution in [3.05, 3.63) is 90.3 Å².